The van der Waals surface area contributed by atoms with Crippen LogP contribution in [0, 0.1) is 0 Å². The number of amides is 1. The largest absolute Gasteiger partial charge is 0.307 e. The average molecular weight is 444 g/mol. The van der Waals surface area contributed by atoms with Crippen LogP contribution in [0.5, 0.6) is 0 Å². The van der Waals surface area contributed by atoms with Gasteiger partial charge < -0.3 is 5.32 Å². The van der Waals surface area contributed by atoms with Crippen LogP contribution in [-0.2, 0) is 10.0 Å². The summed E-state index contributed by atoms with van der Waals surface area (Å²) >= 11 is 5.78. The van der Waals surface area contributed by atoms with Crippen molar-refractivity contribution in [2.24, 2.45) is 0 Å². The Morgan fingerprint density at radius 3 is 2.30 bits per heavy atom. The minimum atomic E-state index is -3.92. The maximum Gasteiger partial charge on any atom is 0.264 e. The molecule has 0 radical (unpaired) electrons. The lowest BCUT2D eigenvalue weighted by Crippen LogP contribution is -2.27. The molecule has 30 heavy (non-hydrogen) atoms. The lowest BCUT2D eigenvalue weighted by Gasteiger charge is -2.20. The van der Waals surface area contributed by atoms with E-state index in [2.05, 4.69) is 10.3 Å². The molecule has 9 heteroatoms. The van der Waals surface area contributed by atoms with Crippen LogP contribution >= 0.6 is 11.6 Å². The molecule has 0 fully saturated rings. The number of carbonyl (C=O) groups excluding carboxylic acids is 2. The summed E-state index contributed by atoms with van der Waals surface area (Å²) in [5, 5.41) is 3.02. The number of aromatic nitrogens is 1. The summed E-state index contributed by atoms with van der Waals surface area (Å²) in [6, 6.07) is 15.0. The van der Waals surface area contributed by atoms with Crippen molar-refractivity contribution in [3.63, 3.8) is 0 Å². The molecule has 0 aliphatic carbocycles. The van der Waals surface area contributed by atoms with Gasteiger partial charge in [0.15, 0.2) is 5.78 Å². The van der Waals surface area contributed by atoms with Crippen molar-refractivity contribution in [1.29, 1.82) is 0 Å². The molecule has 3 rings (SSSR count). The Labute approximate surface area is 179 Å². The molecule has 1 N–H and O–H groups in total. The summed E-state index contributed by atoms with van der Waals surface area (Å²) in [5.41, 5.74) is 1.03. The van der Waals surface area contributed by atoms with Gasteiger partial charge in [0.1, 0.15) is 5.82 Å². The van der Waals surface area contributed by atoms with E-state index in [-0.39, 0.29) is 16.2 Å². The Bertz CT molecular complexity index is 1190. The number of rotatable bonds is 6. The molecule has 1 aromatic heterocycles. The van der Waals surface area contributed by atoms with Crippen LogP contribution in [-0.4, -0.2) is 32.1 Å². The van der Waals surface area contributed by atoms with E-state index < -0.39 is 15.9 Å². The van der Waals surface area contributed by atoms with Crippen LogP contribution in [0.2, 0.25) is 5.02 Å². The van der Waals surface area contributed by atoms with Crippen molar-refractivity contribution >= 4 is 44.8 Å². The number of halogens is 1. The smallest absolute Gasteiger partial charge is 0.264 e. The molecule has 3 aromatic rings. The minimum Gasteiger partial charge on any atom is -0.307 e. The zero-order valence-electron chi connectivity index (χ0n) is 16.2. The molecule has 0 saturated carbocycles. The number of ketones is 1. The molecule has 154 valence electrons. The van der Waals surface area contributed by atoms with Crippen molar-refractivity contribution in [2.75, 3.05) is 16.7 Å². The fourth-order valence-electron chi connectivity index (χ4n) is 2.64. The van der Waals surface area contributed by atoms with Gasteiger partial charge in [-0.25, -0.2) is 13.4 Å². The van der Waals surface area contributed by atoms with Crippen LogP contribution in [0.25, 0.3) is 0 Å². The van der Waals surface area contributed by atoms with Gasteiger partial charge in [-0.2, -0.15) is 0 Å². The molecular formula is C21H18ClN3O4S. The van der Waals surface area contributed by atoms with Crippen LogP contribution in [0.1, 0.15) is 27.6 Å². The monoisotopic (exact) mass is 443 g/mol. The number of hydrogen-bond acceptors (Lipinski definition) is 5. The second-order valence-electron chi connectivity index (χ2n) is 6.42. The third-order valence-electron chi connectivity index (χ3n) is 4.36. The fraction of sp³-hybridized carbons (Fsp3) is 0.0952. The van der Waals surface area contributed by atoms with E-state index in [1.165, 1.54) is 44.4 Å². The standard InChI is InChI=1S/C21H18ClN3O4S/c1-14(26)15-6-9-18(10-7-15)25(2)30(28,29)19-5-3-4-16(12-19)21(27)24-20-11-8-17(22)13-23-20/h3-13H,1-2H3,(H,23,24,27). The van der Waals surface area contributed by atoms with E-state index in [4.69, 9.17) is 11.6 Å². The summed E-state index contributed by atoms with van der Waals surface area (Å²) in [7, 11) is -2.52. The summed E-state index contributed by atoms with van der Waals surface area (Å²) in [5.74, 6) is -0.323. The SMILES string of the molecule is CC(=O)c1ccc(N(C)S(=O)(=O)c2cccc(C(=O)Nc3ccc(Cl)cn3)c2)cc1. The number of carbonyl (C=O) groups is 2. The van der Waals surface area contributed by atoms with Gasteiger partial charge >= 0.3 is 0 Å². The normalized spacial score (nSPS) is 11.0. The molecule has 1 amide bonds. The Morgan fingerprint density at radius 2 is 1.70 bits per heavy atom. The van der Waals surface area contributed by atoms with E-state index in [1.54, 1.807) is 36.4 Å². The molecule has 1 heterocycles. The third kappa shape index (κ3) is 4.67. The predicted octanol–water partition coefficient (Wildman–Crippen LogP) is 4.02. The number of pyridine rings is 1. The first-order chi connectivity index (χ1) is 14.2. The molecule has 0 bridgehead atoms. The number of nitrogens with one attached hydrogen (secondary N) is 1. The molecule has 0 aliphatic heterocycles. The number of Topliss-reactive ketones (excluding diaryl/α,β-unsaturated/α-hetero) is 1. The van der Waals surface area contributed by atoms with E-state index in [0.29, 0.717) is 22.1 Å². The van der Waals surface area contributed by atoms with Crippen LogP contribution in [0.3, 0.4) is 0 Å². The minimum absolute atomic E-state index is 0.0441. The number of hydrogen-bond donors (Lipinski definition) is 1. The highest BCUT2D eigenvalue weighted by atomic mass is 35.5. The number of sulfonamides is 1. The molecule has 0 atom stereocenters. The van der Waals surface area contributed by atoms with Gasteiger partial charge in [-0.1, -0.05) is 17.7 Å². The fourth-order valence-corrected chi connectivity index (χ4v) is 3.99. The van der Waals surface area contributed by atoms with Gasteiger partial charge in [0.2, 0.25) is 0 Å². The van der Waals surface area contributed by atoms with E-state index >= 15 is 0 Å². The van der Waals surface area contributed by atoms with Gasteiger partial charge in [-0.3, -0.25) is 13.9 Å². The van der Waals surface area contributed by atoms with E-state index in [9.17, 15) is 18.0 Å². The molecule has 0 spiro atoms. The van der Waals surface area contributed by atoms with Crippen molar-refractivity contribution in [3.8, 4) is 0 Å². The zero-order valence-corrected chi connectivity index (χ0v) is 17.7. The van der Waals surface area contributed by atoms with Gasteiger partial charge in [-0.15, -0.1) is 0 Å². The maximum absolute atomic E-state index is 13.0. The van der Waals surface area contributed by atoms with Crippen molar-refractivity contribution in [1.82, 2.24) is 4.98 Å². The van der Waals surface area contributed by atoms with Gasteiger partial charge in [0.05, 0.1) is 15.6 Å². The number of benzene rings is 2. The first-order valence-electron chi connectivity index (χ1n) is 8.81. The number of anilines is 2. The topological polar surface area (TPSA) is 96.4 Å². The lowest BCUT2D eigenvalue weighted by molar-refractivity contribution is 0.101. The average Bonchev–Trinajstić information content (AvgIpc) is 2.75. The first-order valence-corrected chi connectivity index (χ1v) is 10.6. The molecule has 0 unspecified atom stereocenters. The van der Waals surface area contributed by atoms with Crippen molar-refractivity contribution in [3.05, 3.63) is 83.0 Å². The zero-order chi connectivity index (χ0) is 21.9. The summed E-state index contributed by atoms with van der Waals surface area (Å²) in [6.45, 7) is 1.44. The summed E-state index contributed by atoms with van der Waals surface area (Å²) in [4.78, 5) is 27.9. The van der Waals surface area contributed by atoms with Crippen molar-refractivity contribution in [2.45, 2.75) is 11.8 Å². The highest BCUT2D eigenvalue weighted by Gasteiger charge is 2.22. The van der Waals surface area contributed by atoms with Gasteiger partial charge in [0, 0.05) is 24.4 Å². The van der Waals surface area contributed by atoms with Gasteiger partial charge in [-0.05, 0) is 61.5 Å². The van der Waals surface area contributed by atoms with Gasteiger partial charge in [0.25, 0.3) is 15.9 Å². The summed E-state index contributed by atoms with van der Waals surface area (Å²) in [6.07, 6.45) is 1.39. The third-order valence-corrected chi connectivity index (χ3v) is 6.37. The highest BCUT2D eigenvalue weighted by molar-refractivity contribution is 7.92. The lowest BCUT2D eigenvalue weighted by atomic mass is 10.1. The molecule has 7 nitrogen and oxygen atoms in total. The molecule has 0 aliphatic rings. The number of nitrogens with zero attached hydrogens (tertiary/aromatic N) is 2. The highest BCUT2D eigenvalue weighted by Crippen LogP contribution is 2.23. The van der Waals surface area contributed by atoms with Crippen LogP contribution in [0.15, 0.2) is 71.8 Å². The second-order valence-corrected chi connectivity index (χ2v) is 8.82. The Morgan fingerprint density at radius 1 is 1.00 bits per heavy atom. The summed E-state index contributed by atoms with van der Waals surface area (Å²) < 4.78 is 27.1. The van der Waals surface area contributed by atoms with E-state index in [0.717, 1.165) is 4.31 Å². The quantitative estimate of drug-likeness (QED) is 0.580. The predicted molar refractivity (Wildman–Crippen MR) is 116 cm³/mol. The molecule has 0 saturated heterocycles. The van der Waals surface area contributed by atoms with Crippen molar-refractivity contribution < 1.29 is 18.0 Å². The Balaban J connectivity index is 1.85. The Hall–Kier alpha value is -3.23. The van der Waals surface area contributed by atoms with E-state index in [1.807, 2.05) is 0 Å². The first kappa shape index (κ1) is 21.5. The molecular weight excluding hydrogens is 426 g/mol. The molecule has 2 aromatic carbocycles. The second kappa shape index (κ2) is 8.64. The van der Waals surface area contributed by atoms with Crippen LogP contribution in [0.4, 0.5) is 11.5 Å². The Kier molecular flexibility index (Phi) is 6.19. The maximum atomic E-state index is 13.0. The van der Waals surface area contributed by atoms with Crippen LogP contribution < -0.4 is 9.62 Å².